The summed E-state index contributed by atoms with van der Waals surface area (Å²) in [4.78, 5) is 3.92. The van der Waals surface area contributed by atoms with Crippen LogP contribution in [0.5, 0.6) is 11.5 Å². The van der Waals surface area contributed by atoms with Crippen LogP contribution in [0.3, 0.4) is 0 Å². The van der Waals surface area contributed by atoms with Gasteiger partial charge in [0.25, 0.3) is 0 Å². The standard InChI is InChI=1S/C11H10N4O2/c1-6-2-8-9(17-5-16-8)3-7(6)10-11(12)13-4-14-15-10/h2-4H,5H2,1H3,(H2,12,13,14). The van der Waals surface area contributed by atoms with E-state index in [1.807, 2.05) is 19.1 Å². The zero-order chi connectivity index (χ0) is 11.8. The largest absolute Gasteiger partial charge is 0.454 e. The lowest BCUT2D eigenvalue weighted by Crippen LogP contribution is -1.99. The third kappa shape index (κ3) is 1.54. The summed E-state index contributed by atoms with van der Waals surface area (Å²) in [5.74, 6) is 1.78. The number of anilines is 1. The van der Waals surface area contributed by atoms with Crippen molar-refractivity contribution in [1.82, 2.24) is 15.2 Å². The molecular weight excluding hydrogens is 220 g/mol. The summed E-state index contributed by atoms with van der Waals surface area (Å²) in [6.45, 7) is 2.19. The molecule has 0 fully saturated rings. The summed E-state index contributed by atoms with van der Waals surface area (Å²) in [5.41, 5.74) is 8.18. The molecule has 0 saturated carbocycles. The molecule has 2 N–H and O–H groups in total. The van der Waals surface area contributed by atoms with Crippen LogP contribution < -0.4 is 15.2 Å². The van der Waals surface area contributed by atoms with Gasteiger partial charge in [-0.3, -0.25) is 0 Å². The van der Waals surface area contributed by atoms with Gasteiger partial charge in [0.05, 0.1) is 0 Å². The number of nitrogens with two attached hydrogens (primary N) is 1. The topological polar surface area (TPSA) is 83.2 Å². The molecule has 2 aromatic rings. The number of fused-ring (bicyclic) bond motifs is 1. The maximum Gasteiger partial charge on any atom is 0.231 e. The fourth-order valence-electron chi connectivity index (χ4n) is 1.77. The molecule has 3 rings (SSSR count). The summed E-state index contributed by atoms with van der Waals surface area (Å²) in [7, 11) is 0. The Bertz CT molecular complexity index is 586. The molecule has 6 heteroatoms. The van der Waals surface area contributed by atoms with E-state index in [0.717, 1.165) is 16.9 Å². The highest BCUT2D eigenvalue weighted by Crippen LogP contribution is 2.38. The number of rotatable bonds is 1. The Morgan fingerprint density at radius 2 is 2.00 bits per heavy atom. The number of aromatic nitrogens is 3. The second kappa shape index (κ2) is 3.58. The SMILES string of the molecule is Cc1cc2c(cc1-c1nncnc1N)OCO2. The van der Waals surface area contributed by atoms with Gasteiger partial charge in [0.2, 0.25) is 6.79 Å². The predicted octanol–water partition coefficient (Wildman–Crippen LogP) is 1.16. The van der Waals surface area contributed by atoms with Crippen LogP contribution in [0, 0.1) is 6.92 Å². The first-order chi connectivity index (χ1) is 8.25. The molecule has 0 saturated heterocycles. The second-order valence-electron chi connectivity index (χ2n) is 3.71. The van der Waals surface area contributed by atoms with E-state index in [9.17, 15) is 0 Å². The monoisotopic (exact) mass is 230 g/mol. The quantitative estimate of drug-likeness (QED) is 0.791. The average Bonchev–Trinajstić information content (AvgIpc) is 2.76. The maximum absolute atomic E-state index is 5.78. The van der Waals surface area contributed by atoms with Crippen molar-refractivity contribution in [3.63, 3.8) is 0 Å². The summed E-state index contributed by atoms with van der Waals surface area (Å²) < 4.78 is 10.6. The molecule has 0 amide bonds. The fourth-order valence-corrected chi connectivity index (χ4v) is 1.77. The lowest BCUT2D eigenvalue weighted by atomic mass is 10.0. The van der Waals surface area contributed by atoms with Gasteiger partial charge in [0.1, 0.15) is 12.0 Å². The van der Waals surface area contributed by atoms with Crippen molar-refractivity contribution in [2.75, 3.05) is 12.5 Å². The first-order valence-corrected chi connectivity index (χ1v) is 5.09. The Morgan fingerprint density at radius 3 is 2.76 bits per heavy atom. The molecule has 0 atom stereocenters. The van der Waals surface area contributed by atoms with Crippen LogP contribution in [0.2, 0.25) is 0 Å². The first kappa shape index (κ1) is 9.83. The highest BCUT2D eigenvalue weighted by molar-refractivity contribution is 5.74. The van der Waals surface area contributed by atoms with Gasteiger partial charge in [0.15, 0.2) is 17.3 Å². The van der Waals surface area contributed by atoms with E-state index >= 15 is 0 Å². The van der Waals surface area contributed by atoms with Gasteiger partial charge in [-0.25, -0.2) is 4.98 Å². The number of nitrogens with zero attached hydrogens (tertiary/aromatic N) is 3. The van der Waals surface area contributed by atoms with Gasteiger partial charge in [-0.2, -0.15) is 0 Å². The van der Waals surface area contributed by atoms with E-state index in [-0.39, 0.29) is 6.79 Å². The molecule has 0 unspecified atom stereocenters. The van der Waals surface area contributed by atoms with Gasteiger partial charge >= 0.3 is 0 Å². The van der Waals surface area contributed by atoms with E-state index in [1.165, 1.54) is 6.33 Å². The molecule has 0 spiro atoms. The first-order valence-electron chi connectivity index (χ1n) is 5.09. The van der Waals surface area contributed by atoms with E-state index < -0.39 is 0 Å². The second-order valence-corrected chi connectivity index (χ2v) is 3.71. The Hall–Kier alpha value is -2.37. The minimum atomic E-state index is 0.242. The lowest BCUT2D eigenvalue weighted by molar-refractivity contribution is 0.174. The average molecular weight is 230 g/mol. The highest BCUT2D eigenvalue weighted by Gasteiger charge is 2.18. The Morgan fingerprint density at radius 1 is 1.24 bits per heavy atom. The Kier molecular flexibility index (Phi) is 2.07. The molecule has 17 heavy (non-hydrogen) atoms. The Labute approximate surface area is 97.4 Å². The van der Waals surface area contributed by atoms with E-state index in [4.69, 9.17) is 15.2 Å². The predicted molar refractivity (Wildman–Crippen MR) is 60.5 cm³/mol. The van der Waals surface area contributed by atoms with Crippen LogP contribution in [0.4, 0.5) is 5.82 Å². The minimum Gasteiger partial charge on any atom is -0.454 e. The number of hydrogen-bond acceptors (Lipinski definition) is 6. The normalized spacial score (nSPS) is 12.8. The summed E-state index contributed by atoms with van der Waals surface area (Å²) in [6.07, 6.45) is 1.32. The lowest BCUT2D eigenvalue weighted by Gasteiger charge is -2.07. The molecule has 0 radical (unpaired) electrons. The van der Waals surface area contributed by atoms with Gasteiger partial charge in [0, 0.05) is 5.56 Å². The van der Waals surface area contributed by atoms with E-state index in [0.29, 0.717) is 17.3 Å². The van der Waals surface area contributed by atoms with Crippen molar-refractivity contribution in [2.24, 2.45) is 0 Å². The molecule has 2 heterocycles. The number of ether oxygens (including phenoxy) is 2. The van der Waals surface area contributed by atoms with Crippen LogP contribution in [-0.4, -0.2) is 22.0 Å². The van der Waals surface area contributed by atoms with Crippen LogP contribution >= 0.6 is 0 Å². The van der Waals surface area contributed by atoms with Crippen LogP contribution in [-0.2, 0) is 0 Å². The van der Waals surface area contributed by atoms with Crippen molar-refractivity contribution in [2.45, 2.75) is 6.92 Å². The van der Waals surface area contributed by atoms with Crippen molar-refractivity contribution >= 4 is 5.82 Å². The third-order valence-electron chi connectivity index (χ3n) is 2.62. The van der Waals surface area contributed by atoms with Crippen molar-refractivity contribution in [3.8, 4) is 22.8 Å². The summed E-state index contributed by atoms with van der Waals surface area (Å²) in [6, 6.07) is 3.74. The highest BCUT2D eigenvalue weighted by atomic mass is 16.7. The van der Waals surface area contributed by atoms with Gasteiger partial charge in [-0.05, 0) is 24.6 Å². The van der Waals surface area contributed by atoms with Gasteiger partial charge < -0.3 is 15.2 Å². The van der Waals surface area contributed by atoms with Crippen molar-refractivity contribution < 1.29 is 9.47 Å². The molecular formula is C11H10N4O2. The van der Waals surface area contributed by atoms with Crippen LogP contribution in [0.1, 0.15) is 5.56 Å². The number of benzene rings is 1. The van der Waals surface area contributed by atoms with E-state index in [2.05, 4.69) is 15.2 Å². The third-order valence-corrected chi connectivity index (χ3v) is 2.62. The van der Waals surface area contributed by atoms with Crippen molar-refractivity contribution in [1.29, 1.82) is 0 Å². The number of aryl methyl sites for hydroxylation is 1. The molecule has 0 aliphatic carbocycles. The molecule has 86 valence electrons. The summed E-state index contributed by atoms with van der Waals surface area (Å²) in [5, 5.41) is 7.74. The number of nitrogen functional groups attached to an aromatic ring is 1. The van der Waals surface area contributed by atoms with Gasteiger partial charge in [-0.15, -0.1) is 10.2 Å². The molecule has 1 aliphatic heterocycles. The summed E-state index contributed by atoms with van der Waals surface area (Å²) >= 11 is 0. The van der Waals surface area contributed by atoms with Crippen LogP contribution in [0.15, 0.2) is 18.5 Å². The number of hydrogen-bond donors (Lipinski definition) is 1. The van der Waals surface area contributed by atoms with Crippen molar-refractivity contribution in [3.05, 3.63) is 24.0 Å². The maximum atomic E-state index is 5.78. The molecule has 0 bridgehead atoms. The minimum absolute atomic E-state index is 0.242. The zero-order valence-electron chi connectivity index (χ0n) is 9.17. The smallest absolute Gasteiger partial charge is 0.231 e. The van der Waals surface area contributed by atoms with Gasteiger partial charge in [-0.1, -0.05) is 0 Å². The zero-order valence-corrected chi connectivity index (χ0v) is 9.17. The van der Waals surface area contributed by atoms with Crippen LogP contribution in [0.25, 0.3) is 11.3 Å². The fraction of sp³-hybridized carbons (Fsp3) is 0.182. The molecule has 1 aromatic carbocycles. The molecule has 6 nitrogen and oxygen atoms in total. The van der Waals surface area contributed by atoms with E-state index in [1.54, 1.807) is 0 Å². The molecule has 1 aromatic heterocycles. The molecule has 1 aliphatic rings. The Balaban J connectivity index is 2.19.